The van der Waals surface area contributed by atoms with Gasteiger partial charge in [-0.25, -0.2) is 4.98 Å². The van der Waals surface area contributed by atoms with Crippen LogP contribution in [0.4, 0.5) is 5.69 Å². The van der Waals surface area contributed by atoms with Crippen molar-refractivity contribution in [3.63, 3.8) is 0 Å². The van der Waals surface area contributed by atoms with Crippen LogP contribution in [0.3, 0.4) is 0 Å². The summed E-state index contributed by atoms with van der Waals surface area (Å²) in [6, 6.07) is 11.6. The molecule has 0 N–H and O–H groups in total. The number of hydrogen-bond acceptors (Lipinski definition) is 8. The van der Waals surface area contributed by atoms with E-state index in [1.165, 1.54) is 5.69 Å². The molecule has 1 aromatic carbocycles. The van der Waals surface area contributed by atoms with Crippen LogP contribution in [0.2, 0.25) is 48.8 Å². The molecule has 0 amide bonds. The van der Waals surface area contributed by atoms with E-state index in [0.717, 1.165) is 60.2 Å². The summed E-state index contributed by atoms with van der Waals surface area (Å²) in [7, 11) is -3.25. The van der Waals surface area contributed by atoms with Gasteiger partial charge in [-0.2, -0.15) is 0 Å². The molecule has 5 heterocycles. The van der Waals surface area contributed by atoms with E-state index in [-0.39, 0.29) is 29.5 Å². The van der Waals surface area contributed by atoms with E-state index in [1.807, 2.05) is 6.07 Å². The Balaban J connectivity index is 1.27. The Bertz CT molecular complexity index is 1580. The molecule has 2 aromatic heterocycles. The fourth-order valence-electron chi connectivity index (χ4n) is 6.39. The van der Waals surface area contributed by atoms with Gasteiger partial charge >= 0.3 is 0 Å². The van der Waals surface area contributed by atoms with Crippen LogP contribution in [0.5, 0.6) is 5.88 Å². The van der Waals surface area contributed by atoms with Gasteiger partial charge in [0.2, 0.25) is 0 Å². The SMILES string of the molecule is Cc1c(Cl)c(-c2ccc(N3CCOCC3)cc2)nc2cc(O[C@@H]3CO[C@@H]4C(O[Si](C)(C)C(C)(C)C)CO[C@@H]43)n(COCC[Si](C)(C)C)c12. The number of rotatable bonds is 11. The van der Waals surface area contributed by atoms with Gasteiger partial charge in [-0.1, -0.05) is 64.1 Å². The van der Waals surface area contributed by atoms with Crippen molar-refractivity contribution in [2.75, 3.05) is 51.0 Å². The summed E-state index contributed by atoms with van der Waals surface area (Å²) < 4.78 is 40.1. The Kier molecular flexibility index (Phi) is 10.4. The van der Waals surface area contributed by atoms with Crippen LogP contribution >= 0.6 is 11.6 Å². The zero-order chi connectivity index (χ0) is 34.4. The highest BCUT2D eigenvalue weighted by molar-refractivity contribution is 6.76. The topological polar surface area (TPSA) is 76.4 Å². The van der Waals surface area contributed by atoms with Crippen LogP contribution in [0.25, 0.3) is 22.3 Å². The standard InChI is InChI=1S/C36H54ClN3O6Si2/c1-24-31(37)32(25-10-12-26(13-11-25)39-14-16-41-17-15-39)38-27-20-30(40(33(24)27)23-42-18-19-47(5,6)7)45-28-21-43-35-29(22-44-34(28)35)46-48(8,9)36(2,3)4/h10-13,20,28-29,34-35H,14-19,21-23H2,1-9H3/t28-,29?,34-,35-/m1/s1. The maximum absolute atomic E-state index is 7.11. The molecule has 0 spiro atoms. The number of nitrogens with zero attached hydrogens (tertiary/aromatic N) is 3. The third-order valence-corrected chi connectivity index (χ3v) is 17.1. The van der Waals surface area contributed by atoms with Crippen molar-refractivity contribution in [1.29, 1.82) is 0 Å². The average molecular weight is 716 g/mol. The Morgan fingerprint density at radius 3 is 2.25 bits per heavy atom. The van der Waals surface area contributed by atoms with E-state index in [9.17, 15) is 0 Å². The van der Waals surface area contributed by atoms with Gasteiger partial charge in [-0.3, -0.25) is 4.57 Å². The summed E-state index contributed by atoms with van der Waals surface area (Å²) in [5.74, 6) is 0.677. The summed E-state index contributed by atoms with van der Waals surface area (Å²) in [5.41, 5.74) is 5.58. The average Bonchev–Trinajstić information content (AvgIpc) is 3.71. The number of ether oxygens (including phenoxy) is 5. The predicted octanol–water partition coefficient (Wildman–Crippen LogP) is 7.75. The number of aryl methyl sites for hydroxylation is 1. The lowest BCUT2D eigenvalue weighted by atomic mass is 10.1. The van der Waals surface area contributed by atoms with Gasteiger partial charge in [0, 0.05) is 45.1 Å². The highest BCUT2D eigenvalue weighted by Gasteiger charge is 2.52. The Hall–Kier alpha value is -1.97. The largest absolute Gasteiger partial charge is 0.470 e. The van der Waals surface area contributed by atoms with Crippen LogP contribution in [-0.4, -0.2) is 96.5 Å². The van der Waals surface area contributed by atoms with E-state index in [1.54, 1.807) is 0 Å². The molecule has 48 heavy (non-hydrogen) atoms. The minimum absolute atomic E-state index is 0.0971. The second kappa shape index (κ2) is 14.0. The van der Waals surface area contributed by atoms with Crippen LogP contribution in [0, 0.1) is 6.92 Å². The summed E-state index contributed by atoms with van der Waals surface area (Å²) in [6.07, 6.45) is -0.746. The maximum atomic E-state index is 7.11. The number of benzene rings is 1. The van der Waals surface area contributed by atoms with E-state index < -0.39 is 16.4 Å². The smallest absolute Gasteiger partial charge is 0.198 e. The summed E-state index contributed by atoms with van der Waals surface area (Å²) >= 11 is 7.11. The minimum atomic E-state index is -1.99. The van der Waals surface area contributed by atoms with Gasteiger partial charge in [-0.05, 0) is 48.8 Å². The molecule has 3 aromatic rings. The van der Waals surface area contributed by atoms with Gasteiger partial charge in [0.25, 0.3) is 0 Å². The monoisotopic (exact) mass is 715 g/mol. The molecule has 1 unspecified atom stereocenters. The molecule has 6 rings (SSSR count). The second-order valence-electron chi connectivity index (χ2n) is 16.2. The summed E-state index contributed by atoms with van der Waals surface area (Å²) in [4.78, 5) is 7.46. The number of morpholine rings is 1. The van der Waals surface area contributed by atoms with Crippen LogP contribution in [-0.2, 0) is 30.1 Å². The lowest BCUT2D eigenvalue weighted by Gasteiger charge is -2.39. The quantitative estimate of drug-likeness (QED) is 0.147. The Morgan fingerprint density at radius 1 is 0.958 bits per heavy atom. The molecule has 0 radical (unpaired) electrons. The lowest BCUT2D eigenvalue weighted by Crippen LogP contribution is -2.47. The first kappa shape index (κ1) is 35.8. The van der Waals surface area contributed by atoms with Crippen molar-refractivity contribution in [3.8, 4) is 17.1 Å². The highest BCUT2D eigenvalue weighted by atomic mass is 35.5. The van der Waals surface area contributed by atoms with Gasteiger partial charge in [0.1, 0.15) is 18.9 Å². The van der Waals surface area contributed by atoms with Gasteiger partial charge < -0.3 is 33.0 Å². The Labute approximate surface area is 293 Å². The molecule has 0 saturated carbocycles. The zero-order valence-corrected chi connectivity index (χ0v) is 33.0. The van der Waals surface area contributed by atoms with E-state index in [2.05, 4.69) is 94.2 Å². The number of halogens is 1. The molecule has 264 valence electrons. The lowest BCUT2D eigenvalue weighted by molar-refractivity contribution is 0.00859. The van der Waals surface area contributed by atoms with Crippen molar-refractivity contribution in [3.05, 3.63) is 40.9 Å². The van der Waals surface area contributed by atoms with Crippen molar-refractivity contribution in [2.24, 2.45) is 0 Å². The first-order chi connectivity index (χ1) is 22.6. The van der Waals surface area contributed by atoms with Crippen LogP contribution in [0.15, 0.2) is 30.3 Å². The van der Waals surface area contributed by atoms with E-state index in [4.69, 9.17) is 44.7 Å². The maximum Gasteiger partial charge on any atom is 0.198 e. The first-order valence-electron chi connectivity index (χ1n) is 17.4. The van der Waals surface area contributed by atoms with Crippen LogP contribution < -0.4 is 9.64 Å². The minimum Gasteiger partial charge on any atom is -0.470 e. The number of aromatic nitrogens is 2. The Morgan fingerprint density at radius 2 is 1.60 bits per heavy atom. The number of hydrogen-bond donors (Lipinski definition) is 0. The third kappa shape index (κ3) is 7.53. The second-order valence-corrected chi connectivity index (χ2v) is 27.0. The number of fused-ring (bicyclic) bond motifs is 2. The third-order valence-electron chi connectivity index (χ3n) is 10.4. The summed E-state index contributed by atoms with van der Waals surface area (Å²) in [5, 5.41) is 0.731. The van der Waals surface area contributed by atoms with Crippen molar-refractivity contribution in [1.82, 2.24) is 9.55 Å². The zero-order valence-electron chi connectivity index (χ0n) is 30.2. The van der Waals surface area contributed by atoms with Crippen molar-refractivity contribution in [2.45, 2.75) is 103 Å². The van der Waals surface area contributed by atoms with Crippen LogP contribution in [0.1, 0.15) is 26.3 Å². The summed E-state index contributed by atoms with van der Waals surface area (Å²) in [6.45, 7) is 25.7. The van der Waals surface area contributed by atoms with Gasteiger partial charge in [0.05, 0.1) is 54.3 Å². The van der Waals surface area contributed by atoms with Crippen molar-refractivity contribution >= 4 is 44.7 Å². The molecule has 4 atom stereocenters. The molecular weight excluding hydrogens is 662 g/mol. The molecule has 3 fully saturated rings. The van der Waals surface area contributed by atoms with Gasteiger partial charge in [0.15, 0.2) is 20.3 Å². The normalized spacial score (nSPS) is 23.7. The number of anilines is 1. The van der Waals surface area contributed by atoms with Gasteiger partial charge in [-0.15, -0.1) is 0 Å². The number of pyridine rings is 1. The van der Waals surface area contributed by atoms with E-state index in [0.29, 0.717) is 37.5 Å². The fraction of sp³-hybridized carbons (Fsp3) is 0.639. The molecule has 3 aliphatic rings. The first-order valence-corrected chi connectivity index (χ1v) is 24.4. The molecule has 0 bridgehead atoms. The van der Waals surface area contributed by atoms with Crippen molar-refractivity contribution < 1.29 is 28.1 Å². The molecule has 12 heteroatoms. The fourth-order valence-corrected chi connectivity index (χ4v) is 8.70. The molecule has 9 nitrogen and oxygen atoms in total. The van der Waals surface area contributed by atoms with E-state index >= 15 is 0 Å². The highest BCUT2D eigenvalue weighted by Crippen LogP contribution is 2.42. The predicted molar refractivity (Wildman–Crippen MR) is 198 cm³/mol. The molecule has 3 aliphatic heterocycles. The molecule has 0 aliphatic carbocycles. The molecule has 3 saturated heterocycles. The molecular formula is C36H54ClN3O6Si2.